The van der Waals surface area contributed by atoms with Crippen molar-refractivity contribution in [1.29, 1.82) is 0 Å². The van der Waals surface area contributed by atoms with Crippen LogP contribution in [0, 0.1) is 0 Å². The van der Waals surface area contributed by atoms with Crippen molar-refractivity contribution < 1.29 is 0 Å². The zero-order chi connectivity index (χ0) is 18.6. The second kappa shape index (κ2) is 7.43. The molecule has 0 saturated heterocycles. The number of nitrogens with zero attached hydrogens (tertiary/aromatic N) is 2. The van der Waals surface area contributed by atoms with Gasteiger partial charge < -0.3 is 9.97 Å². The summed E-state index contributed by atoms with van der Waals surface area (Å²) in [5.74, 6) is 0.942. The lowest BCUT2D eigenvalue weighted by Crippen LogP contribution is -2.10. The molecule has 0 amide bonds. The summed E-state index contributed by atoms with van der Waals surface area (Å²) in [4.78, 5) is 38.5. The zero-order valence-corrected chi connectivity index (χ0v) is 14.9. The van der Waals surface area contributed by atoms with Crippen LogP contribution in [-0.4, -0.2) is 19.9 Å². The van der Waals surface area contributed by atoms with E-state index in [1.165, 1.54) is 23.9 Å². The van der Waals surface area contributed by atoms with Crippen molar-refractivity contribution in [3.8, 4) is 22.8 Å². The second-order valence-corrected chi connectivity index (χ2v) is 6.74. The van der Waals surface area contributed by atoms with E-state index in [0.717, 1.165) is 11.1 Å². The van der Waals surface area contributed by atoms with E-state index in [-0.39, 0.29) is 11.1 Å². The van der Waals surface area contributed by atoms with Gasteiger partial charge in [0.25, 0.3) is 11.1 Å². The van der Waals surface area contributed by atoms with E-state index in [9.17, 15) is 9.59 Å². The summed E-state index contributed by atoms with van der Waals surface area (Å²) in [5.41, 5.74) is 1.08. The van der Waals surface area contributed by atoms with E-state index in [1.54, 1.807) is 0 Å². The molecule has 4 rings (SSSR count). The maximum Gasteiger partial charge on any atom is 0.252 e. The lowest BCUT2D eigenvalue weighted by molar-refractivity contribution is 0.999. The van der Waals surface area contributed by atoms with E-state index in [2.05, 4.69) is 19.9 Å². The van der Waals surface area contributed by atoms with Crippen LogP contribution in [0.25, 0.3) is 22.8 Å². The number of aromatic nitrogens is 4. The van der Waals surface area contributed by atoms with Crippen molar-refractivity contribution in [2.24, 2.45) is 0 Å². The zero-order valence-electron chi connectivity index (χ0n) is 14.0. The summed E-state index contributed by atoms with van der Waals surface area (Å²) in [6.45, 7) is 0. The van der Waals surface area contributed by atoms with Gasteiger partial charge in [-0.1, -0.05) is 60.7 Å². The van der Waals surface area contributed by atoms with Gasteiger partial charge in [-0.3, -0.25) is 9.59 Å². The molecule has 2 aromatic carbocycles. The number of hydrogen-bond donors (Lipinski definition) is 2. The predicted octanol–water partition coefficient (Wildman–Crippen LogP) is 3.34. The molecule has 0 radical (unpaired) electrons. The fourth-order valence-corrected chi connectivity index (χ4v) is 3.37. The minimum Gasteiger partial charge on any atom is -0.306 e. The molecule has 2 N–H and O–H groups in total. The SMILES string of the molecule is O=c1cc(Sc2cc(=O)[nH]c(-c3ccccc3)n2)nc(-c2ccccc2)[nH]1. The number of rotatable bonds is 4. The first-order valence-corrected chi connectivity index (χ1v) is 9.00. The normalized spacial score (nSPS) is 10.7. The van der Waals surface area contributed by atoms with Gasteiger partial charge in [0.2, 0.25) is 0 Å². The van der Waals surface area contributed by atoms with Gasteiger partial charge in [0.05, 0.1) is 0 Å². The topological polar surface area (TPSA) is 91.5 Å². The van der Waals surface area contributed by atoms with Crippen LogP contribution in [0.3, 0.4) is 0 Å². The highest BCUT2D eigenvalue weighted by molar-refractivity contribution is 7.99. The number of benzene rings is 2. The standard InChI is InChI=1S/C20H14N4O2S/c25-15-11-17(23-19(21-15)13-7-3-1-4-8-13)27-18-12-16(26)22-20(24-18)14-9-5-2-6-10-14/h1-12H,(H,21,23,25)(H,22,24,26). The fraction of sp³-hybridized carbons (Fsp3) is 0. The minimum absolute atomic E-state index is 0.264. The molecule has 27 heavy (non-hydrogen) atoms. The molecule has 0 fully saturated rings. The molecule has 0 aliphatic rings. The van der Waals surface area contributed by atoms with Gasteiger partial charge >= 0.3 is 0 Å². The highest BCUT2D eigenvalue weighted by Crippen LogP contribution is 2.25. The molecular weight excluding hydrogens is 360 g/mol. The lowest BCUT2D eigenvalue weighted by atomic mass is 10.2. The first kappa shape index (κ1) is 17.0. The Morgan fingerprint density at radius 1 is 0.630 bits per heavy atom. The highest BCUT2D eigenvalue weighted by atomic mass is 32.2. The van der Waals surface area contributed by atoms with Crippen LogP contribution in [0.2, 0.25) is 0 Å². The van der Waals surface area contributed by atoms with Gasteiger partial charge in [-0.15, -0.1) is 0 Å². The molecule has 6 nitrogen and oxygen atoms in total. The molecule has 0 unspecified atom stereocenters. The van der Waals surface area contributed by atoms with Gasteiger partial charge in [-0.2, -0.15) is 0 Å². The van der Waals surface area contributed by atoms with Crippen LogP contribution in [-0.2, 0) is 0 Å². The van der Waals surface area contributed by atoms with E-state index in [1.807, 2.05) is 60.7 Å². The Morgan fingerprint density at radius 3 is 1.44 bits per heavy atom. The average Bonchev–Trinajstić information content (AvgIpc) is 2.68. The molecule has 2 heterocycles. The maximum atomic E-state index is 12.0. The summed E-state index contributed by atoms with van der Waals surface area (Å²) in [7, 11) is 0. The van der Waals surface area contributed by atoms with Crippen LogP contribution in [0.15, 0.2) is 92.4 Å². The third-order valence-electron chi connectivity index (χ3n) is 3.74. The van der Waals surface area contributed by atoms with Gasteiger partial charge in [0.1, 0.15) is 21.7 Å². The van der Waals surface area contributed by atoms with Crippen molar-refractivity contribution in [2.45, 2.75) is 10.1 Å². The van der Waals surface area contributed by atoms with Gasteiger partial charge in [0.15, 0.2) is 0 Å². The van der Waals surface area contributed by atoms with Crippen LogP contribution in [0.1, 0.15) is 0 Å². The third-order valence-corrected chi connectivity index (χ3v) is 4.58. The molecule has 0 aliphatic carbocycles. The summed E-state index contributed by atoms with van der Waals surface area (Å²) in [6.07, 6.45) is 0. The molecule has 0 spiro atoms. The molecular formula is C20H14N4O2S. The summed E-state index contributed by atoms with van der Waals surface area (Å²) < 4.78 is 0. The monoisotopic (exact) mass is 374 g/mol. The lowest BCUT2D eigenvalue weighted by Gasteiger charge is -2.06. The average molecular weight is 374 g/mol. The minimum atomic E-state index is -0.264. The molecule has 0 saturated carbocycles. The van der Waals surface area contributed by atoms with Crippen molar-refractivity contribution in [3.63, 3.8) is 0 Å². The van der Waals surface area contributed by atoms with Crippen LogP contribution in [0.5, 0.6) is 0 Å². The smallest absolute Gasteiger partial charge is 0.252 e. The van der Waals surface area contributed by atoms with Crippen LogP contribution >= 0.6 is 11.8 Å². The second-order valence-electron chi connectivity index (χ2n) is 5.70. The quantitative estimate of drug-likeness (QED) is 0.535. The fourth-order valence-electron chi connectivity index (χ4n) is 2.55. The predicted molar refractivity (Wildman–Crippen MR) is 105 cm³/mol. The maximum absolute atomic E-state index is 12.0. The Kier molecular flexibility index (Phi) is 4.67. The summed E-state index contributed by atoms with van der Waals surface area (Å²) >= 11 is 1.17. The van der Waals surface area contributed by atoms with Crippen molar-refractivity contribution in [3.05, 3.63) is 93.5 Å². The van der Waals surface area contributed by atoms with Crippen LogP contribution in [0.4, 0.5) is 0 Å². The van der Waals surface area contributed by atoms with Crippen molar-refractivity contribution in [1.82, 2.24) is 19.9 Å². The van der Waals surface area contributed by atoms with E-state index >= 15 is 0 Å². The number of aromatic amines is 2. The molecule has 0 atom stereocenters. The summed E-state index contributed by atoms with van der Waals surface area (Å²) in [6, 6.07) is 21.5. The Hall–Kier alpha value is -3.45. The van der Waals surface area contributed by atoms with Crippen molar-refractivity contribution in [2.75, 3.05) is 0 Å². The first-order valence-electron chi connectivity index (χ1n) is 8.19. The molecule has 0 aliphatic heterocycles. The summed E-state index contributed by atoms with van der Waals surface area (Å²) in [5, 5.41) is 0.935. The number of nitrogens with one attached hydrogen (secondary N) is 2. The van der Waals surface area contributed by atoms with Crippen LogP contribution < -0.4 is 11.1 Å². The van der Waals surface area contributed by atoms with Crippen molar-refractivity contribution >= 4 is 11.8 Å². The molecule has 2 aromatic heterocycles. The Balaban J connectivity index is 1.71. The molecule has 7 heteroatoms. The third kappa shape index (κ3) is 4.04. The van der Waals surface area contributed by atoms with Gasteiger partial charge in [-0.05, 0) is 11.8 Å². The Labute approximate surface area is 158 Å². The Bertz CT molecular complexity index is 1090. The van der Waals surface area contributed by atoms with Gasteiger partial charge in [-0.25, -0.2) is 9.97 Å². The molecule has 0 bridgehead atoms. The first-order chi connectivity index (χ1) is 13.2. The van der Waals surface area contributed by atoms with Gasteiger partial charge in [0, 0.05) is 23.3 Å². The molecule has 132 valence electrons. The highest BCUT2D eigenvalue weighted by Gasteiger charge is 2.09. The van der Waals surface area contributed by atoms with E-state index in [0.29, 0.717) is 21.7 Å². The number of hydrogen-bond acceptors (Lipinski definition) is 5. The largest absolute Gasteiger partial charge is 0.306 e. The Morgan fingerprint density at radius 2 is 1.04 bits per heavy atom. The molecule has 4 aromatic rings. The number of H-pyrrole nitrogens is 2. The van der Waals surface area contributed by atoms with E-state index < -0.39 is 0 Å². The van der Waals surface area contributed by atoms with E-state index in [4.69, 9.17) is 0 Å².